The molecule has 4 rings (SSSR count). The van der Waals surface area contributed by atoms with E-state index in [2.05, 4.69) is 12.1 Å². The molecule has 158 valence electrons. The Morgan fingerprint density at radius 3 is 2.55 bits per heavy atom. The van der Waals surface area contributed by atoms with E-state index in [1.165, 1.54) is 5.56 Å². The van der Waals surface area contributed by atoms with E-state index in [1.807, 2.05) is 43.9 Å². The van der Waals surface area contributed by atoms with Crippen molar-refractivity contribution in [3.63, 3.8) is 0 Å². The number of carbonyl (C=O) groups is 2. The van der Waals surface area contributed by atoms with Crippen LogP contribution in [0.3, 0.4) is 0 Å². The van der Waals surface area contributed by atoms with Crippen molar-refractivity contribution in [1.82, 2.24) is 4.90 Å². The maximum atomic E-state index is 13.3. The Kier molecular flexibility index (Phi) is 5.67. The van der Waals surface area contributed by atoms with E-state index < -0.39 is 5.79 Å². The van der Waals surface area contributed by atoms with E-state index in [-0.39, 0.29) is 35.7 Å². The zero-order valence-electron chi connectivity index (χ0n) is 17.5. The minimum absolute atomic E-state index is 0.0209. The van der Waals surface area contributed by atoms with Crippen molar-refractivity contribution >= 4 is 11.9 Å². The number of benzene rings is 1. The third-order valence-corrected chi connectivity index (χ3v) is 6.11. The summed E-state index contributed by atoms with van der Waals surface area (Å²) < 4.78 is 16.8. The topological polar surface area (TPSA) is 65.1 Å². The third kappa shape index (κ3) is 4.81. The van der Waals surface area contributed by atoms with Gasteiger partial charge in [-0.2, -0.15) is 0 Å². The lowest BCUT2D eigenvalue weighted by molar-refractivity contribution is -0.148. The normalized spacial score (nSPS) is 31.9. The predicted octanol–water partition coefficient (Wildman–Crippen LogP) is 2.97. The second-order valence-electron chi connectivity index (χ2n) is 8.91. The first-order valence-corrected chi connectivity index (χ1v) is 10.7. The monoisotopic (exact) mass is 401 g/mol. The molecule has 1 aromatic rings. The fraction of sp³-hybridized carbons (Fsp3) is 0.652. The molecule has 3 aliphatic rings. The van der Waals surface area contributed by atoms with Gasteiger partial charge in [0.15, 0.2) is 5.79 Å². The van der Waals surface area contributed by atoms with Crippen molar-refractivity contribution in [3.05, 3.63) is 35.9 Å². The fourth-order valence-corrected chi connectivity index (χ4v) is 4.39. The Hall–Kier alpha value is -1.92. The second-order valence-corrected chi connectivity index (χ2v) is 8.91. The number of hydrogen-bond acceptors (Lipinski definition) is 5. The summed E-state index contributed by atoms with van der Waals surface area (Å²) >= 11 is 0. The Bertz CT molecular complexity index is 749. The molecule has 0 radical (unpaired) electrons. The average molecular weight is 402 g/mol. The molecule has 3 fully saturated rings. The van der Waals surface area contributed by atoms with Crippen LogP contribution in [-0.4, -0.2) is 55.0 Å². The molecule has 1 aliphatic heterocycles. The molecule has 6 nitrogen and oxygen atoms in total. The van der Waals surface area contributed by atoms with Crippen LogP contribution in [0, 0.1) is 17.8 Å². The highest BCUT2D eigenvalue weighted by atomic mass is 16.7. The van der Waals surface area contributed by atoms with Gasteiger partial charge in [0, 0.05) is 19.0 Å². The van der Waals surface area contributed by atoms with Gasteiger partial charge in [0.05, 0.1) is 19.1 Å². The van der Waals surface area contributed by atoms with Gasteiger partial charge in [0.25, 0.3) is 0 Å². The summed E-state index contributed by atoms with van der Waals surface area (Å²) in [6.45, 7) is 7.57. The Morgan fingerprint density at radius 1 is 1.14 bits per heavy atom. The largest absolute Gasteiger partial charge is 0.466 e. The van der Waals surface area contributed by atoms with Gasteiger partial charge in [-0.05, 0) is 51.0 Å². The van der Waals surface area contributed by atoms with Crippen molar-refractivity contribution in [2.45, 2.75) is 51.4 Å². The van der Waals surface area contributed by atoms with Gasteiger partial charge in [-0.25, -0.2) is 0 Å². The van der Waals surface area contributed by atoms with Gasteiger partial charge < -0.3 is 19.1 Å². The van der Waals surface area contributed by atoms with E-state index >= 15 is 0 Å². The molecule has 5 atom stereocenters. The van der Waals surface area contributed by atoms with Crippen LogP contribution in [-0.2, 0) is 23.8 Å². The lowest BCUT2D eigenvalue weighted by Gasteiger charge is -2.26. The van der Waals surface area contributed by atoms with Gasteiger partial charge in [-0.3, -0.25) is 9.59 Å². The van der Waals surface area contributed by atoms with Crippen LogP contribution in [0.4, 0.5) is 0 Å². The van der Waals surface area contributed by atoms with Crippen molar-refractivity contribution in [3.8, 4) is 0 Å². The van der Waals surface area contributed by atoms with Crippen molar-refractivity contribution < 1.29 is 23.8 Å². The highest BCUT2D eigenvalue weighted by molar-refractivity contribution is 5.83. The molecule has 1 amide bonds. The van der Waals surface area contributed by atoms with Crippen LogP contribution in [0.2, 0.25) is 0 Å². The summed E-state index contributed by atoms with van der Waals surface area (Å²) in [6.07, 6.45) is 1.55. The second kappa shape index (κ2) is 8.07. The molecule has 29 heavy (non-hydrogen) atoms. The first kappa shape index (κ1) is 20.4. The van der Waals surface area contributed by atoms with Crippen LogP contribution in [0.1, 0.15) is 45.1 Å². The molecule has 1 saturated heterocycles. The molecule has 2 saturated carbocycles. The molecule has 1 aromatic carbocycles. The number of ether oxygens (including phenoxy) is 3. The molecule has 0 unspecified atom stereocenters. The standard InChI is InChI=1S/C23H31NO5/c1-4-27-22(26)19-10-16(19)12-24(13-17-14-28-23(2,3)29-17)21(25)20-11-18(20)15-8-6-5-7-9-15/h5-9,16-20H,4,10-14H2,1-3H3/t16-,17+,18-,19-,20+/m0/s1. The lowest BCUT2D eigenvalue weighted by Crippen LogP contribution is -2.41. The molecule has 0 bridgehead atoms. The summed E-state index contributed by atoms with van der Waals surface area (Å²) in [5, 5.41) is 0. The summed E-state index contributed by atoms with van der Waals surface area (Å²) in [4.78, 5) is 27.2. The molecule has 2 aliphatic carbocycles. The van der Waals surface area contributed by atoms with Gasteiger partial charge >= 0.3 is 5.97 Å². The Balaban J connectivity index is 1.40. The zero-order valence-corrected chi connectivity index (χ0v) is 17.5. The Labute approximate surface area is 172 Å². The highest BCUT2D eigenvalue weighted by Gasteiger charge is 2.50. The molecular weight excluding hydrogens is 370 g/mol. The summed E-state index contributed by atoms with van der Waals surface area (Å²) in [7, 11) is 0. The molecule has 0 aromatic heterocycles. The molecule has 0 N–H and O–H groups in total. The summed E-state index contributed by atoms with van der Waals surface area (Å²) in [6, 6.07) is 10.2. The van der Waals surface area contributed by atoms with Crippen LogP contribution in [0.25, 0.3) is 0 Å². The van der Waals surface area contributed by atoms with Crippen LogP contribution < -0.4 is 0 Å². The zero-order chi connectivity index (χ0) is 20.6. The number of nitrogens with zero attached hydrogens (tertiary/aromatic N) is 1. The Morgan fingerprint density at radius 2 is 1.90 bits per heavy atom. The van der Waals surface area contributed by atoms with Crippen LogP contribution in [0.15, 0.2) is 30.3 Å². The molecule has 0 spiro atoms. The van der Waals surface area contributed by atoms with E-state index in [0.717, 1.165) is 12.8 Å². The SMILES string of the molecule is CCOC(=O)[C@H]1C[C@H]1CN(C[C@@H]1COC(C)(C)O1)C(=O)[C@@H]1C[C@H]1c1ccccc1. The number of amides is 1. The average Bonchev–Trinajstić information content (AvgIpc) is 3.60. The maximum absolute atomic E-state index is 13.3. The lowest BCUT2D eigenvalue weighted by atomic mass is 10.1. The van der Waals surface area contributed by atoms with E-state index in [9.17, 15) is 9.59 Å². The number of rotatable bonds is 8. The summed E-state index contributed by atoms with van der Waals surface area (Å²) in [5.41, 5.74) is 1.23. The quantitative estimate of drug-likeness (QED) is 0.627. The minimum Gasteiger partial charge on any atom is -0.466 e. The maximum Gasteiger partial charge on any atom is 0.309 e. The van der Waals surface area contributed by atoms with Gasteiger partial charge in [0.1, 0.15) is 6.10 Å². The van der Waals surface area contributed by atoms with Crippen LogP contribution >= 0.6 is 0 Å². The van der Waals surface area contributed by atoms with E-state index in [0.29, 0.717) is 32.2 Å². The van der Waals surface area contributed by atoms with Crippen LogP contribution in [0.5, 0.6) is 0 Å². The number of esters is 1. The molecule has 6 heteroatoms. The van der Waals surface area contributed by atoms with Crippen molar-refractivity contribution in [1.29, 1.82) is 0 Å². The van der Waals surface area contributed by atoms with Gasteiger partial charge in [-0.1, -0.05) is 30.3 Å². The smallest absolute Gasteiger partial charge is 0.309 e. The predicted molar refractivity (Wildman–Crippen MR) is 107 cm³/mol. The first-order valence-electron chi connectivity index (χ1n) is 10.7. The van der Waals surface area contributed by atoms with Gasteiger partial charge in [-0.15, -0.1) is 0 Å². The van der Waals surface area contributed by atoms with E-state index in [1.54, 1.807) is 0 Å². The highest BCUT2D eigenvalue weighted by Crippen LogP contribution is 2.49. The van der Waals surface area contributed by atoms with Gasteiger partial charge in [0.2, 0.25) is 5.91 Å². The molecule has 1 heterocycles. The third-order valence-electron chi connectivity index (χ3n) is 6.11. The van der Waals surface area contributed by atoms with Crippen molar-refractivity contribution in [2.75, 3.05) is 26.3 Å². The fourth-order valence-electron chi connectivity index (χ4n) is 4.39. The number of hydrogen-bond donors (Lipinski definition) is 0. The summed E-state index contributed by atoms with van der Waals surface area (Å²) in [5.74, 6) is -0.162. The molecular formula is C23H31NO5. The van der Waals surface area contributed by atoms with Crippen molar-refractivity contribution in [2.24, 2.45) is 17.8 Å². The van der Waals surface area contributed by atoms with E-state index in [4.69, 9.17) is 14.2 Å². The minimum atomic E-state index is -0.613. The number of carbonyl (C=O) groups excluding carboxylic acids is 2. The first-order chi connectivity index (χ1) is 13.9.